The molecule has 0 aromatic carbocycles. The molecule has 0 spiro atoms. The molecule has 3 rings (SSSR count). The number of carbonyl (C=O) groups excluding carboxylic acids is 1. The quantitative estimate of drug-likeness (QED) is 0.909. The minimum atomic E-state index is -0.928. The van der Waals surface area contributed by atoms with Crippen LogP contribution in [0.5, 0.6) is 0 Å². The molecule has 2 saturated heterocycles. The maximum atomic E-state index is 12.4. The van der Waals surface area contributed by atoms with Crippen LogP contribution in [-0.2, 0) is 4.79 Å². The minimum absolute atomic E-state index is 0.236. The third-order valence-electron chi connectivity index (χ3n) is 4.22. The van der Waals surface area contributed by atoms with Gasteiger partial charge in [0.15, 0.2) is 0 Å². The second-order valence-corrected chi connectivity index (χ2v) is 5.59. The molecule has 0 radical (unpaired) electrons. The van der Waals surface area contributed by atoms with Gasteiger partial charge in [-0.3, -0.25) is 4.79 Å². The summed E-state index contributed by atoms with van der Waals surface area (Å²) in [5.41, 5.74) is 0.464. The van der Waals surface area contributed by atoms with Crippen molar-refractivity contribution in [2.24, 2.45) is 0 Å². The number of carboxylic acid groups (broad SMARTS) is 1. The van der Waals surface area contributed by atoms with Crippen LogP contribution in [0.15, 0.2) is 18.3 Å². The molecular weight excluding hydrogens is 270 g/mol. The van der Waals surface area contributed by atoms with E-state index in [1.807, 2.05) is 6.07 Å². The van der Waals surface area contributed by atoms with Crippen LogP contribution in [0.1, 0.15) is 36.0 Å². The Morgan fingerprint density at radius 2 is 1.90 bits per heavy atom. The SMILES string of the molecule is O=C(O)C1CCCN1C(=O)c1ccc(N2CCCC2)nc1. The molecule has 2 aliphatic heterocycles. The number of aromatic nitrogens is 1. The van der Waals surface area contributed by atoms with E-state index in [1.54, 1.807) is 12.3 Å². The van der Waals surface area contributed by atoms with Crippen molar-refractivity contribution in [3.8, 4) is 0 Å². The van der Waals surface area contributed by atoms with Crippen LogP contribution in [0.4, 0.5) is 5.82 Å². The zero-order valence-electron chi connectivity index (χ0n) is 11.9. The standard InChI is InChI=1S/C15H19N3O3/c19-14(18-9-3-4-12(18)15(20)21)11-5-6-13(16-10-11)17-7-1-2-8-17/h5-6,10,12H,1-4,7-9H2,(H,20,21). The van der Waals surface area contributed by atoms with Crippen LogP contribution in [0.2, 0.25) is 0 Å². The molecule has 1 N–H and O–H groups in total. The van der Waals surface area contributed by atoms with E-state index >= 15 is 0 Å². The fourth-order valence-corrected chi connectivity index (χ4v) is 3.08. The van der Waals surface area contributed by atoms with Gasteiger partial charge in [-0.15, -0.1) is 0 Å². The van der Waals surface area contributed by atoms with E-state index < -0.39 is 12.0 Å². The Balaban J connectivity index is 1.74. The van der Waals surface area contributed by atoms with Crippen molar-refractivity contribution in [3.05, 3.63) is 23.9 Å². The lowest BCUT2D eigenvalue weighted by atomic mass is 10.2. The normalized spacial score (nSPS) is 21.8. The van der Waals surface area contributed by atoms with Gasteiger partial charge in [-0.25, -0.2) is 9.78 Å². The van der Waals surface area contributed by atoms with Crippen molar-refractivity contribution >= 4 is 17.7 Å². The number of pyridine rings is 1. The van der Waals surface area contributed by atoms with E-state index in [9.17, 15) is 9.59 Å². The van der Waals surface area contributed by atoms with Gasteiger partial charge in [-0.05, 0) is 37.8 Å². The first-order valence-electron chi connectivity index (χ1n) is 7.41. The Hall–Kier alpha value is -2.11. The molecule has 2 fully saturated rings. The molecule has 3 heterocycles. The van der Waals surface area contributed by atoms with Crippen LogP contribution in [0.25, 0.3) is 0 Å². The van der Waals surface area contributed by atoms with Gasteiger partial charge in [-0.1, -0.05) is 0 Å². The summed E-state index contributed by atoms with van der Waals surface area (Å²) >= 11 is 0. The number of carbonyl (C=O) groups is 2. The molecule has 2 aliphatic rings. The van der Waals surface area contributed by atoms with Crippen molar-refractivity contribution in [1.29, 1.82) is 0 Å². The highest BCUT2D eigenvalue weighted by Gasteiger charge is 2.34. The van der Waals surface area contributed by atoms with E-state index in [2.05, 4.69) is 9.88 Å². The number of hydrogen-bond acceptors (Lipinski definition) is 4. The van der Waals surface area contributed by atoms with Crippen molar-refractivity contribution in [2.45, 2.75) is 31.7 Å². The lowest BCUT2D eigenvalue weighted by Crippen LogP contribution is -2.40. The number of nitrogens with zero attached hydrogens (tertiary/aromatic N) is 3. The number of rotatable bonds is 3. The van der Waals surface area contributed by atoms with E-state index in [1.165, 1.54) is 17.7 Å². The molecule has 1 atom stereocenters. The van der Waals surface area contributed by atoms with Gasteiger partial charge < -0.3 is 14.9 Å². The van der Waals surface area contributed by atoms with Gasteiger partial charge in [0.05, 0.1) is 5.56 Å². The number of likely N-dealkylation sites (tertiary alicyclic amines) is 1. The van der Waals surface area contributed by atoms with Crippen molar-refractivity contribution in [2.75, 3.05) is 24.5 Å². The number of carboxylic acids is 1. The smallest absolute Gasteiger partial charge is 0.326 e. The van der Waals surface area contributed by atoms with Gasteiger partial charge in [0, 0.05) is 25.8 Å². The highest BCUT2D eigenvalue weighted by Crippen LogP contribution is 2.22. The molecule has 1 aromatic rings. The van der Waals surface area contributed by atoms with Crippen LogP contribution in [0, 0.1) is 0 Å². The van der Waals surface area contributed by atoms with Crippen LogP contribution < -0.4 is 4.90 Å². The summed E-state index contributed by atoms with van der Waals surface area (Å²) < 4.78 is 0. The topological polar surface area (TPSA) is 73.7 Å². The number of amides is 1. The van der Waals surface area contributed by atoms with Gasteiger partial charge in [-0.2, -0.15) is 0 Å². The second kappa shape index (κ2) is 5.71. The number of aliphatic carboxylic acids is 1. The minimum Gasteiger partial charge on any atom is -0.480 e. The predicted molar refractivity (Wildman–Crippen MR) is 77.4 cm³/mol. The highest BCUT2D eigenvalue weighted by molar-refractivity contribution is 5.96. The Kier molecular flexibility index (Phi) is 3.77. The van der Waals surface area contributed by atoms with Gasteiger partial charge in [0.2, 0.25) is 0 Å². The van der Waals surface area contributed by atoms with Crippen LogP contribution >= 0.6 is 0 Å². The maximum absolute atomic E-state index is 12.4. The molecule has 1 amide bonds. The molecule has 0 saturated carbocycles. The summed E-state index contributed by atoms with van der Waals surface area (Å²) in [6, 6.07) is 2.90. The zero-order chi connectivity index (χ0) is 14.8. The average molecular weight is 289 g/mol. The Morgan fingerprint density at radius 1 is 1.14 bits per heavy atom. The molecule has 6 nitrogen and oxygen atoms in total. The largest absolute Gasteiger partial charge is 0.480 e. The average Bonchev–Trinajstić information content (AvgIpc) is 3.18. The zero-order valence-corrected chi connectivity index (χ0v) is 11.9. The summed E-state index contributed by atoms with van der Waals surface area (Å²) in [5, 5.41) is 9.15. The lowest BCUT2D eigenvalue weighted by Gasteiger charge is -2.22. The van der Waals surface area contributed by atoms with Crippen molar-refractivity contribution < 1.29 is 14.7 Å². The lowest BCUT2D eigenvalue weighted by molar-refractivity contribution is -0.141. The fourth-order valence-electron chi connectivity index (χ4n) is 3.08. The van der Waals surface area contributed by atoms with E-state index in [0.717, 1.165) is 25.3 Å². The van der Waals surface area contributed by atoms with E-state index in [4.69, 9.17) is 5.11 Å². The molecule has 6 heteroatoms. The monoisotopic (exact) mass is 289 g/mol. The summed E-state index contributed by atoms with van der Waals surface area (Å²) in [6.07, 6.45) is 5.18. The fraction of sp³-hybridized carbons (Fsp3) is 0.533. The van der Waals surface area contributed by atoms with Crippen molar-refractivity contribution in [1.82, 2.24) is 9.88 Å². The van der Waals surface area contributed by atoms with Gasteiger partial charge in [0.1, 0.15) is 11.9 Å². The molecule has 1 aromatic heterocycles. The summed E-state index contributed by atoms with van der Waals surface area (Å²) in [4.78, 5) is 31.6. The highest BCUT2D eigenvalue weighted by atomic mass is 16.4. The third-order valence-corrected chi connectivity index (χ3v) is 4.22. The predicted octanol–water partition coefficient (Wildman–Crippen LogP) is 1.37. The first-order valence-corrected chi connectivity index (χ1v) is 7.41. The van der Waals surface area contributed by atoms with Crippen LogP contribution in [0.3, 0.4) is 0 Å². The van der Waals surface area contributed by atoms with Crippen molar-refractivity contribution in [3.63, 3.8) is 0 Å². The third kappa shape index (κ3) is 2.70. The van der Waals surface area contributed by atoms with E-state index in [-0.39, 0.29) is 5.91 Å². The first-order chi connectivity index (χ1) is 10.2. The molecule has 0 aliphatic carbocycles. The number of anilines is 1. The number of hydrogen-bond donors (Lipinski definition) is 1. The Morgan fingerprint density at radius 3 is 2.52 bits per heavy atom. The summed E-state index contributed by atoms with van der Waals surface area (Å²) in [6.45, 7) is 2.52. The summed E-state index contributed by atoms with van der Waals surface area (Å²) in [7, 11) is 0. The Bertz CT molecular complexity index is 538. The van der Waals surface area contributed by atoms with Gasteiger partial charge in [0.25, 0.3) is 5.91 Å². The van der Waals surface area contributed by atoms with E-state index in [0.29, 0.717) is 18.5 Å². The molecule has 21 heavy (non-hydrogen) atoms. The van der Waals surface area contributed by atoms with Gasteiger partial charge >= 0.3 is 5.97 Å². The summed E-state index contributed by atoms with van der Waals surface area (Å²) in [5.74, 6) is -0.275. The molecule has 0 bridgehead atoms. The maximum Gasteiger partial charge on any atom is 0.326 e. The Labute approximate surface area is 123 Å². The molecular formula is C15H19N3O3. The second-order valence-electron chi connectivity index (χ2n) is 5.59. The van der Waals surface area contributed by atoms with Crippen LogP contribution in [-0.4, -0.2) is 52.5 Å². The molecule has 1 unspecified atom stereocenters. The molecule has 112 valence electrons. The first kappa shape index (κ1) is 13.9.